The highest BCUT2D eigenvalue weighted by Crippen LogP contribution is 2.23. The maximum absolute atomic E-state index is 12.7. The standard InChI is InChI=1S/C21H23N5O2/c1-13(2)26-12-22-17-9-8-15(10-16(17)21(26)28)23-20(27)19-11-18(24-25-19)14-6-4-3-5-7-14/h3-10,12-13,18-19,24-25H,11H2,1-2H3,(H,23,27). The first kappa shape index (κ1) is 18.3. The molecule has 1 saturated heterocycles. The average Bonchev–Trinajstić information content (AvgIpc) is 3.19. The maximum Gasteiger partial charge on any atom is 0.261 e. The summed E-state index contributed by atoms with van der Waals surface area (Å²) in [4.78, 5) is 29.7. The molecule has 1 fully saturated rings. The molecule has 7 heteroatoms. The van der Waals surface area contributed by atoms with Crippen LogP contribution in [0, 0.1) is 0 Å². The van der Waals surface area contributed by atoms with Crippen molar-refractivity contribution in [2.24, 2.45) is 0 Å². The lowest BCUT2D eigenvalue weighted by Gasteiger charge is -2.13. The molecule has 4 rings (SSSR count). The maximum atomic E-state index is 12.7. The summed E-state index contributed by atoms with van der Waals surface area (Å²) in [5.41, 5.74) is 8.46. The van der Waals surface area contributed by atoms with Crippen LogP contribution in [0.1, 0.15) is 37.9 Å². The number of nitrogens with zero attached hydrogens (tertiary/aromatic N) is 2. The Bertz CT molecular complexity index is 1060. The quantitative estimate of drug-likeness (QED) is 0.650. The molecule has 28 heavy (non-hydrogen) atoms. The highest BCUT2D eigenvalue weighted by molar-refractivity contribution is 5.96. The molecular weight excluding hydrogens is 354 g/mol. The van der Waals surface area contributed by atoms with Gasteiger partial charge >= 0.3 is 0 Å². The fourth-order valence-corrected chi connectivity index (χ4v) is 3.44. The summed E-state index contributed by atoms with van der Waals surface area (Å²) < 4.78 is 1.58. The molecule has 0 radical (unpaired) electrons. The first-order chi connectivity index (χ1) is 13.5. The summed E-state index contributed by atoms with van der Waals surface area (Å²) in [7, 11) is 0. The zero-order valence-electron chi connectivity index (χ0n) is 15.8. The number of carbonyl (C=O) groups is 1. The van der Waals surface area contributed by atoms with E-state index in [-0.39, 0.29) is 29.6 Å². The summed E-state index contributed by atoms with van der Waals surface area (Å²) >= 11 is 0. The third-order valence-corrected chi connectivity index (χ3v) is 5.03. The van der Waals surface area contributed by atoms with Crippen molar-refractivity contribution >= 4 is 22.5 Å². The molecule has 0 bridgehead atoms. The molecule has 1 aliphatic heterocycles. The van der Waals surface area contributed by atoms with Gasteiger partial charge in [-0.1, -0.05) is 30.3 Å². The first-order valence-corrected chi connectivity index (χ1v) is 9.40. The smallest absolute Gasteiger partial charge is 0.261 e. The SMILES string of the molecule is CC(C)n1cnc2ccc(NC(=O)C3CC(c4ccccc4)NN3)cc2c1=O. The Balaban J connectivity index is 1.51. The van der Waals surface area contributed by atoms with Crippen LogP contribution < -0.4 is 21.7 Å². The second-order valence-corrected chi connectivity index (χ2v) is 7.31. The van der Waals surface area contributed by atoms with Gasteiger partial charge < -0.3 is 5.32 Å². The number of hydrazine groups is 1. The molecule has 1 aliphatic rings. The molecule has 3 aromatic rings. The Morgan fingerprint density at radius 1 is 1.18 bits per heavy atom. The number of fused-ring (bicyclic) bond motifs is 1. The predicted octanol–water partition coefficient (Wildman–Crippen LogP) is 2.52. The van der Waals surface area contributed by atoms with Crippen LogP contribution in [-0.4, -0.2) is 21.5 Å². The number of amides is 1. The third kappa shape index (κ3) is 3.54. The average molecular weight is 377 g/mol. The molecular formula is C21H23N5O2. The normalized spacial score (nSPS) is 19.2. The van der Waals surface area contributed by atoms with Crippen LogP contribution in [-0.2, 0) is 4.79 Å². The Hall–Kier alpha value is -3.03. The van der Waals surface area contributed by atoms with Crippen molar-refractivity contribution < 1.29 is 4.79 Å². The van der Waals surface area contributed by atoms with Gasteiger partial charge in [-0.2, -0.15) is 0 Å². The molecule has 7 nitrogen and oxygen atoms in total. The topological polar surface area (TPSA) is 88.1 Å². The minimum atomic E-state index is -0.359. The zero-order chi connectivity index (χ0) is 19.7. The summed E-state index contributed by atoms with van der Waals surface area (Å²) in [6.45, 7) is 3.87. The Morgan fingerprint density at radius 3 is 2.71 bits per heavy atom. The van der Waals surface area contributed by atoms with Crippen molar-refractivity contribution in [1.82, 2.24) is 20.4 Å². The lowest BCUT2D eigenvalue weighted by atomic mass is 10.0. The van der Waals surface area contributed by atoms with Gasteiger partial charge in [0.25, 0.3) is 5.56 Å². The summed E-state index contributed by atoms with van der Waals surface area (Å²) in [6, 6.07) is 15.0. The predicted molar refractivity (Wildman–Crippen MR) is 109 cm³/mol. The molecule has 0 aliphatic carbocycles. The highest BCUT2D eigenvalue weighted by Gasteiger charge is 2.30. The number of aromatic nitrogens is 2. The number of anilines is 1. The van der Waals surface area contributed by atoms with E-state index in [4.69, 9.17) is 0 Å². The summed E-state index contributed by atoms with van der Waals surface area (Å²) in [5.74, 6) is -0.140. The van der Waals surface area contributed by atoms with E-state index in [0.717, 1.165) is 5.56 Å². The minimum absolute atomic E-state index is 0.0198. The van der Waals surface area contributed by atoms with Gasteiger partial charge in [0.15, 0.2) is 0 Å². The fourth-order valence-electron chi connectivity index (χ4n) is 3.44. The molecule has 2 heterocycles. The molecule has 2 atom stereocenters. The van der Waals surface area contributed by atoms with Crippen molar-refractivity contribution in [1.29, 1.82) is 0 Å². The van der Waals surface area contributed by atoms with E-state index in [1.165, 1.54) is 0 Å². The molecule has 0 saturated carbocycles. The second-order valence-electron chi connectivity index (χ2n) is 7.31. The van der Waals surface area contributed by atoms with E-state index in [0.29, 0.717) is 23.0 Å². The third-order valence-electron chi connectivity index (χ3n) is 5.03. The van der Waals surface area contributed by atoms with Crippen LogP contribution in [0.25, 0.3) is 10.9 Å². The van der Waals surface area contributed by atoms with Crippen molar-refractivity contribution in [2.45, 2.75) is 38.4 Å². The highest BCUT2D eigenvalue weighted by atomic mass is 16.2. The number of rotatable bonds is 4. The number of hydrogen-bond acceptors (Lipinski definition) is 5. The van der Waals surface area contributed by atoms with E-state index < -0.39 is 0 Å². The summed E-state index contributed by atoms with van der Waals surface area (Å²) in [6.07, 6.45) is 2.20. The monoisotopic (exact) mass is 377 g/mol. The van der Waals surface area contributed by atoms with E-state index in [1.807, 2.05) is 44.2 Å². The van der Waals surface area contributed by atoms with Crippen LogP contribution in [0.4, 0.5) is 5.69 Å². The first-order valence-electron chi connectivity index (χ1n) is 9.40. The second kappa shape index (κ2) is 7.53. The Morgan fingerprint density at radius 2 is 1.96 bits per heavy atom. The van der Waals surface area contributed by atoms with Crippen LogP contribution in [0.3, 0.4) is 0 Å². The number of hydrogen-bond donors (Lipinski definition) is 3. The largest absolute Gasteiger partial charge is 0.325 e. The van der Waals surface area contributed by atoms with Crippen LogP contribution in [0.15, 0.2) is 59.7 Å². The van der Waals surface area contributed by atoms with Crippen molar-refractivity contribution in [3.8, 4) is 0 Å². The molecule has 2 aromatic carbocycles. The zero-order valence-corrected chi connectivity index (χ0v) is 15.8. The van der Waals surface area contributed by atoms with E-state index in [9.17, 15) is 9.59 Å². The summed E-state index contributed by atoms with van der Waals surface area (Å²) in [5, 5.41) is 3.40. The van der Waals surface area contributed by atoms with Gasteiger partial charge in [0, 0.05) is 17.8 Å². The lowest BCUT2D eigenvalue weighted by molar-refractivity contribution is -0.117. The van der Waals surface area contributed by atoms with Crippen molar-refractivity contribution in [3.63, 3.8) is 0 Å². The van der Waals surface area contributed by atoms with E-state index in [1.54, 1.807) is 29.1 Å². The molecule has 1 aromatic heterocycles. The molecule has 3 N–H and O–H groups in total. The Labute approximate surface area is 162 Å². The van der Waals surface area contributed by atoms with Gasteiger partial charge in [0.1, 0.15) is 6.04 Å². The van der Waals surface area contributed by atoms with Crippen LogP contribution >= 0.6 is 0 Å². The van der Waals surface area contributed by atoms with E-state index >= 15 is 0 Å². The fraction of sp³-hybridized carbons (Fsp3) is 0.286. The van der Waals surface area contributed by atoms with Gasteiger partial charge in [-0.25, -0.2) is 15.8 Å². The van der Waals surface area contributed by atoms with Gasteiger partial charge in [-0.05, 0) is 44.0 Å². The number of benzene rings is 2. The lowest BCUT2D eigenvalue weighted by Crippen LogP contribution is -2.39. The van der Waals surface area contributed by atoms with Gasteiger partial charge in [-0.3, -0.25) is 14.2 Å². The van der Waals surface area contributed by atoms with Gasteiger partial charge in [0.2, 0.25) is 5.91 Å². The van der Waals surface area contributed by atoms with Crippen molar-refractivity contribution in [3.05, 3.63) is 70.8 Å². The Kier molecular flexibility index (Phi) is 4.93. The van der Waals surface area contributed by atoms with Crippen LogP contribution in [0.2, 0.25) is 0 Å². The number of nitrogens with one attached hydrogen (secondary N) is 3. The van der Waals surface area contributed by atoms with Gasteiger partial charge in [-0.15, -0.1) is 0 Å². The van der Waals surface area contributed by atoms with Crippen molar-refractivity contribution in [2.75, 3.05) is 5.32 Å². The molecule has 144 valence electrons. The minimum Gasteiger partial charge on any atom is -0.325 e. The van der Waals surface area contributed by atoms with Gasteiger partial charge in [0.05, 0.1) is 17.2 Å². The van der Waals surface area contributed by atoms with E-state index in [2.05, 4.69) is 21.2 Å². The molecule has 1 amide bonds. The number of carbonyl (C=O) groups excluding carboxylic acids is 1. The molecule has 0 spiro atoms. The molecule has 2 unspecified atom stereocenters. The van der Waals surface area contributed by atoms with Crippen LogP contribution in [0.5, 0.6) is 0 Å².